The monoisotopic (exact) mass is 374 g/mol. The number of hydrogen-bond donors (Lipinski definition) is 0. The molecule has 0 amide bonds. The van der Waals surface area contributed by atoms with Crippen molar-refractivity contribution in [3.8, 4) is 0 Å². The highest BCUT2D eigenvalue weighted by molar-refractivity contribution is 6.49. The van der Waals surface area contributed by atoms with Crippen LogP contribution in [0.4, 0.5) is 0 Å². The topological polar surface area (TPSA) is 0 Å². The summed E-state index contributed by atoms with van der Waals surface area (Å²) in [5, 5.41) is 22.3. The second kappa shape index (κ2) is 4.32. The third-order valence-electron chi connectivity index (χ3n) is 7.54. The summed E-state index contributed by atoms with van der Waals surface area (Å²) in [6, 6.07) is 32.3. The number of benzene rings is 9. The highest BCUT2D eigenvalue weighted by Gasteiger charge is 2.23. The van der Waals surface area contributed by atoms with Crippen molar-refractivity contribution in [3.63, 3.8) is 0 Å². The third kappa shape index (κ3) is 1.34. The molecule has 0 heterocycles. The molecule has 0 nitrogen and oxygen atoms in total. The second-order valence-electron chi connectivity index (χ2n) is 8.94. The summed E-state index contributed by atoms with van der Waals surface area (Å²) in [6.45, 7) is 0. The summed E-state index contributed by atoms with van der Waals surface area (Å²) in [6.07, 6.45) is 0. The predicted molar refractivity (Wildman–Crippen MR) is 131 cm³/mol. The molecule has 134 valence electrons. The molecule has 9 aromatic carbocycles. The predicted octanol–water partition coefficient (Wildman–Crippen LogP) is 8.66. The fraction of sp³-hybridized carbons (Fsp3) is 0. The Morgan fingerprint density at radius 1 is 0.233 bits per heavy atom. The van der Waals surface area contributed by atoms with Crippen LogP contribution in [0.3, 0.4) is 0 Å². The lowest BCUT2D eigenvalue weighted by molar-refractivity contribution is 1.81. The first-order chi connectivity index (χ1) is 14.9. The van der Waals surface area contributed by atoms with Crippen molar-refractivity contribution >= 4 is 86.2 Å². The van der Waals surface area contributed by atoms with Crippen LogP contribution in [0, 0.1) is 0 Å². The summed E-state index contributed by atoms with van der Waals surface area (Å²) in [7, 11) is 0. The van der Waals surface area contributed by atoms with Gasteiger partial charge in [0, 0.05) is 0 Å². The quantitative estimate of drug-likeness (QED) is 0.184. The van der Waals surface area contributed by atoms with E-state index in [4.69, 9.17) is 0 Å². The van der Waals surface area contributed by atoms with Crippen molar-refractivity contribution in [2.75, 3.05) is 0 Å². The molecule has 0 aliphatic heterocycles. The molecule has 0 aliphatic rings. The summed E-state index contributed by atoms with van der Waals surface area (Å²) < 4.78 is 0. The molecule has 0 heteroatoms. The van der Waals surface area contributed by atoms with Gasteiger partial charge in [-0.1, -0.05) is 60.7 Å². The van der Waals surface area contributed by atoms with Crippen LogP contribution in [0.1, 0.15) is 0 Å². The first-order valence-electron chi connectivity index (χ1n) is 10.6. The minimum atomic E-state index is 1.35. The first-order valence-corrected chi connectivity index (χ1v) is 10.6. The maximum absolute atomic E-state index is 2.39. The van der Waals surface area contributed by atoms with E-state index in [2.05, 4.69) is 84.9 Å². The molecule has 0 aromatic heterocycles. The molecule has 0 bridgehead atoms. The average molecular weight is 374 g/mol. The summed E-state index contributed by atoms with van der Waals surface area (Å²) in [5.74, 6) is 0. The van der Waals surface area contributed by atoms with Gasteiger partial charge in [0.1, 0.15) is 0 Å². The van der Waals surface area contributed by atoms with E-state index in [0.29, 0.717) is 0 Å². The number of rotatable bonds is 0. The zero-order valence-electron chi connectivity index (χ0n) is 16.1. The van der Waals surface area contributed by atoms with Crippen LogP contribution >= 0.6 is 0 Å². The molecular weight excluding hydrogens is 360 g/mol. The zero-order valence-corrected chi connectivity index (χ0v) is 16.1. The van der Waals surface area contributed by atoms with E-state index < -0.39 is 0 Å². The zero-order chi connectivity index (χ0) is 19.1. The van der Waals surface area contributed by atoms with Crippen molar-refractivity contribution < 1.29 is 0 Å². The smallest absolute Gasteiger partial charge is 0.000181 e. The molecule has 0 N–H and O–H groups in total. The molecule has 30 heavy (non-hydrogen) atoms. The van der Waals surface area contributed by atoms with Gasteiger partial charge in [-0.2, -0.15) is 0 Å². The lowest BCUT2D eigenvalue weighted by Gasteiger charge is -2.23. The Morgan fingerprint density at radius 2 is 0.500 bits per heavy atom. The Hall–Kier alpha value is -3.90. The van der Waals surface area contributed by atoms with Crippen molar-refractivity contribution in [1.29, 1.82) is 0 Å². The average Bonchev–Trinajstić information content (AvgIpc) is 2.78. The lowest BCUT2D eigenvalue weighted by Crippen LogP contribution is -1.94. The van der Waals surface area contributed by atoms with Gasteiger partial charge in [-0.3, -0.25) is 0 Å². The molecule has 0 spiro atoms. The lowest BCUT2D eigenvalue weighted by atomic mass is 9.79. The third-order valence-corrected chi connectivity index (χ3v) is 7.54. The molecule has 0 unspecified atom stereocenters. The van der Waals surface area contributed by atoms with E-state index in [-0.39, 0.29) is 0 Å². The Balaban J connectivity index is 1.86. The van der Waals surface area contributed by atoms with Gasteiger partial charge in [0.15, 0.2) is 0 Å². The SMILES string of the molecule is c1cc2cc3ccc4cc5cccc6cc7ccc8cc(c1)c2c1c3c4c(c56)c7c81. The van der Waals surface area contributed by atoms with Crippen molar-refractivity contribution in [2.45, 2.75) is 0 Å². The standard InChI is InChI=1S/C30H14/c1-3-15-11-19-7-9-21-13-17-5-2-6-18-14-22-10-8-20-12-16(4-1)23(15)29-25(19)27(21)30(24(17)18)28(22)26(20)29/h1-14H. The summed E-state index contributed by atoms with van der Waals surface area (Å²) >= 11 is 0. The fourth-order valence-electron chi connectivity index (χ4n) is 6.48. The molecular formula is C30H14. The van der Waals surface area contributed by atoms with Crippen LogP contribution in [0.5, 0.6) is 0 Å². The van der Waals surface area contributed by atoms with Crippen LogP contribution in [0.15, 0.2) is 84.9 Å². The molecule has 9 aromatic rings. The molecule has 0 saturated carbocycles. The first kappa shape index (κ1) is 14.1. The van der Waals surface area contributed by atoms with Crippen LogP contribution in [-0.4, -0.2) is 0 Å². The number of hydrogen-bond acceptors (Lipinski definition) is 0. The van der Waals surface area contributed by atoms with E-state index in [1.54, 1.807) is 0 Å². The molecule has 0 fully saturated rings. The van der Waals surface area contributed by atoms with Crippen molar-refractivity contribution in [2.24, 2.45) is 0 Å². The van der Waals surface area contributed by atoms with Gasteiger partial charge < -0.3 is 0 Å². The molecule has 0 atom stereocenters. The molecule has 0 saturated heterocycles. The minimum Gasteiger partial charge on any atom is -0.0610 e. The molecule has 9 rings (SSSR count). The highest BCUT2D eigenvalue weighted by atomic mass is 14.3. The largest absolute Gasteiger partial charge is 0.0610 e. The van der Waals surface area contributed by atoms with E-state index in [1.807, 2.05) is 0 Å². The second-order valence-corrected chi connectivity index (χ2v) is 8.94. The summed E-state index contributed by atoms with van der Waals surface area (Å²) in [5.41, 5.74) is 0. The van der Waals surface area contributed by atoms with Gasteiger partial charge in [0.2, 0.25) is 0 Å². The van der Waals surface area contributed by atoms with Gasteiger partial charge in [0.05, 0.1) is 0 Å². The van der Waals surface area contributed by atoms with Crippen molar-refractivity contribution in [1.82, 2.24) is 0 Å². The minimum absolute atomic E-state index is 1.35. The van der Waals surface area contributed by atoms with E-state index in [1.165, 1.54) is 86.2 Å². The van der Waals surface area contributed by atoms with E-state index in [0.717, 1.165) is 0 Å². The maximum Gasteiger partial charge on any atom is -0.000181 e. The Kier molecular flexibility index (Phi) is 2.04. The van der Waals surface area contributed by atoms with Gasteiger partial charge in [0.25, 0.3) is 0 Å². The van der Waals surface area contributed by atoms with Crippen molar-refractivity contribution in [3.05, 3.63) is 84.9 Å². The molecule has 0 radical (unpaired) electrons. The highest BCUT2D eigenvalue weighted by Crippen LogP contribution is 2.51. The normalized spacial score (nSPS) is 13.3. The Morgan fingerprint density at radius 3 is 0.800 bits per heavy atom. The van der Waals surface area contributed by atoms with Crippen LogP contribution in [-0.2, 0) is 0 Å². The van der Waals surface area contributed by atoms with Gasteiger partial charge >= 0.3 is 0 Å². The van der Waals surface area contributed by atoms with Crippen LogP contribution in [0.25, 0.3) is 86.2 Å². The summed E-state index contributed by atoms with van der Waals surface area (Å²) in [4.78, 5) is 0. The van der Waals surface area contributed by atoms with Crippen LogP contribution in [0.2, 0.25) is 0 Å². The van der Waals surface area contributed by atoms with E-state index >= 15 is 0 Å². The molecule has 0 aliphatic carbocycles. The Labute approximate surface area is 171 Å². The van der Waals surface area contributed by atoms with Gasteiger partial charge in [-0.25, -0.2) is 0 Å². The van der Waals surface area contributed by atoms with Crippen LogP contribution < -0.4 is 0 Å². The van der Waals surface area contributed by atoms with Gasteiger partial charge in [-0.15, -0.1) is 0 Å². The van der Waals surface area contributed by atoms with E-state index in [9.17, 15) is 0 Å². The Bertz CT molecular complexity index is 1800. The van der Waals surface area contributed by atoms with Gasteiger partial charge in [-0.05, 0) is 110 Å². The maximum atomic E-state index is 2.39. The fourth-order valence-corrected chi connectivity index (χ4v) is 6.48.